The molecular weight excluding hydrogens is 310 g/mol. The van der Waals surface area contributed by atoms with E-state index in [4.69, 9.17) is 0 Å². The van der Waals surface area contributed by atoms with Gasteiger partial charge in [0.05, 0.1) is 16.8 Å². The maximum absolute atomic E-state index is 12.1. The maximum Gasteiger partial charge on any atom is 0.220 e. The van der Waals surface area contributed by atoms with E-state index in [9.17, 15) is 9.59 Å². The first-order valence-corrected chi connectivity index (χ1v) is 8.84. The summed E-state index contributed by atoms with van der Waals surface area (Å²) >= 11 is 1.60. The summed E-state index contributed by atoms with van der Waals surface area (Å²) in [6.45, 7) is 2.52. The SMILES string of the molecule is CC[C@]1(CCC(=O)NCc2nc3ccccc3s2)CCC(=O)N1. The lowest BCUT2D eigenvalue weighted by Gasteiger charge is -2.27. The molecule has 1 fully saturated rings. The van der Waals surface area contributed by atoms with E-state index in [-0.39, 0.29) is 17.4 Å². The molecule has 3 rings (SSSR count). The van der Waals surface area contributed by atoms with Gasteiger partial charge in [-0.05, 0) is 31.4 Å². The molecule has 2 aromatic rings. The van der Waals surface area contributed by atoms with E-state index in [0.29, 0.717) is 25.8 Å². The van der Waals surface area contributed by atoms with Crippen LogP contribution < -0.4 is 10.6 Å². The third-order valence-corrected chi connectivity index (χ3v) is 5.55. The number of rotatable bonds is 6. The predicted octanol–water partition coefficient (Wildman–Crippen LogP) is 2.75. The van der Waals surface area contributed by atoms with E-state index in [2.05, 4.69) is 22.5 Å². The highest BCUT2D eigenvalue weighted by Gasteiger charge is 2.35. The summed E-state index contributed by atoms with van der Waals surface area (Å²) < 4.78 is 1.13. The Labute approximate surface area is 139 Å². The smallest absolute Gasteiger partial charge is 0.220 e. The predicted molar refractivity (Wildman–Crippen MR) is 91.1 cm³/mol. The molecule has 0 radical (unpaired) electrons. The Morgan fingerprint density at radius 3 is 2.96 bits per heavy atom. The molecule has 1 aliphatic rings. The molecule has 1 atom stereocenters. The molecule has 6 heteroatoms. The highest BCUT2D eigenvalue weighted by molar-refractivity contribution is 7.18. The lowest BCUT2D eigenvalue weighted by Crippen LogP contribution is -2.42. The Hall–Kier alpha value is -1.95. The van der Waals surface area contributed by atoms with Gasteiger partial charge in [0, 0.05) is 18.4 Å². The second-order valence-corrected chi connectivity index (χ2v) is 7.15. The van der Waals surface area contributed by atoms with Crippen molar-refractivity contribution in [2.75, 3.05) is 0 Å². The van der Waals surface area contributed by atoms with E-state index in [1.165, 1.54) is 0 Å². The van der Waals surface area contributed by atoms with E-state index in [0.717, 1.165) is 28.1 Å². The van der Waals surface area contributed by atoms with Crippen LogP contribution >= 0.6 is 11.3 Å². The van der Waals surface area contributed by atoms with Gasteiger partial charge in [0.15, 0.2) is 0 Å². The number of nitrogens with one attached hydrogen (secondary N) is 2. The van der Waals surface area contributed by atoms with Gasteiger partial charge in [-0.2, -0.15) is 0 Å². The summed E-state index contributed by atoms with van der Waals surface area (Å²) in [5, 5.41) is 6.88. The van der Waals surface area contributed by atoms with E-state index in [1.54, 1.807) is 11.3 Å². The van der Waals surface area contributed by atoms with Gasteiger partial charge in [0.1, 0.15) is 5.01 Å². The minimum Gasteiger partial charge on any atom is -0.351 e. The molecule has 1 saturated heterocycles. The molecule has 2 N–H and O–H groups in total. The molecule has 5 nitrogen and oxygen atoms in total. The molecule has 0 saturated carbocycles. The van der Waals surface area contributed by atoms with Crippen LogP contribution in [-0.2, 0) is 16.1 Å². The number of carbonyl (C=O) groups excluding carboxylic acids is 2. The average molecular weight is 331 g/mol. The quantitative estimate of drug-likeness (QED) is 0.855. The number of carbonyl (C=O) groups is 2. The summed E-state index contributed by atoms with van der Waals surface area (Å²) in [5.41, 5.74) is 0.782. The van der Waals surface area contributed by atoms with Gasteiger partial charge in [-0.25, -0.2) is 4.98 Å². The zero-order valence-corrected chi connectivity index (χ0v) is 14.0. The van der Waals surface area contributed by atoms with Crippen molar-refractivity contribution < 1.29 is 9.59 Å². The van der Waals surface area contributed by atoms with Crippen LogP contribution in [0.25, 0.3) is 10.2 Å². The van der Waals surface area contributed by atoms with Crippen molar-refractivity contribution in [1.82, 2.24) is 15.6 Å². The second kappa shape index (κ2) is 6.66. The fraction of sp³-hybridized carbons (Fsp3) is 0.471. The van der Waals surface area contributed by atoms with Crippen molar-refractivity contribution in [2.45, 2.75) is 51.1 Å². The minimum absolute atomic E-state index is 0.0123. The highest BCUT2D eigenvalue weighted by Crippen LogP contribution is 2.28. The molecule has 1 aromatic heterocycles. The van der Waals surface area contributed by atoms with Gasteiger partial charge < -0.3 is 10.6 Å². The molecule has 0 unspecified atom stereocenters. The Morgan fingerprint density at radius 1 is 1.43 bits per heavy atom. The van der Waals surface area contributed by atoms with Crippen molar-refractivity contribution in [1.29, 1.82) is 0 Å². The fourth-order valence-electron chi connectivity index (χ4n) is 3.01. The monoisotopic (exact) mass is 331 g/mol. The van der Waals surface area contributed by atoms with Crippen LogP contribution in [-0.4, -0.2) is 22.3 Å². The van der Waals surface area contributed by atoms with Crippen LogP contribution in [0.3, 0.4) is 0 Å². The topological polar surface area (TPSA) is 71.1 Å². The van der Waals surface area contributed by atoms with Gasteiger partial charge >= 0.3 is 0 Å². The number of thiazole rings is 1. The molecule has 122 valence electrons. The molecule has 23 heavy (non-hydrogen) atoms. The van der Waals surface area contributed by atoms with E-state index < -0.39 is 0 Å². The highest BCUT2D eigenvalue weighted by atomic mass is 32.1. The van der Waals surface area contributed by atoms with Crippen molar-refractivity contribution in [3.05, 3.63) is 29.3 Å². The molecule has 0 spiro atoms. The molecule has 2 heterocycles. The maximum atomic E-state index is 12.1. The number of hydrogen-bond acceptors (Lipinski definition) is 4. The molecule has 1 aromatic carbocycles. The van der Waals surface area contributed by atoms with Crippen LogP contribution in [0.1, 0.15) is 44.0 Å². The molecule has 0 bridgehead atoms. The summed E-state index contributed by atoms with van der Waals surface area (Å²) in [5.74, 6) is 0.111. The Kier molecular flexibility index (Phi) is 4.61. The first-order valence-electron chi connectivity index (χ1n) is 8.02. The normalized spacial score (nSPS) is 20.7. The summed E-state index contributed by atoms with van der Waals surface area (Å²) in [7, 11) is 0. The zero-order chi connectivity index (χ0) is 16.3. The van der Waals surface area contributed by atoms with Crippen LogP contribution in [0.2, 0.25) is 0 Å². The van der Waals surface area contributed by atoms with Crippen LogP contribution in [0.4, 0.5) is 0 Å². The second-order valence-electron chi connectivity index (χ2n) is 6.03. The van der Waals surface area contributed by atoms with Crippen molar-refractivity contribution in [3.8, 4) is 0 Å². The van der Waals surface area contributed by atoms with Crippen LogP contribution in [0, 0.1) is 0 Å². The molecule has 1 aliphatic heterocycles. The molecule has 0 aliphatic carbocycles. The minimum atomic E-state index is -0.190. The number of para-hydroxylation sites is 1. The Balaban J connectivity index is 1.50. The Bertz CT molecular complexity index is 694. The first-order chi connectivity index (χ1) is 11.1. The molecular formula is C17H21N3O2S. The number of nitrogens with zero attached hydrogens (tertiary/aromatic N) is 1. The summed E-state index contributed by atoms with van der Waals surface area (Å²) in [6.07, 6.45) is 3.39. The van der Waals surface area contributed by atoms with Gasteiger partial charge in [0.2, 0.25) is 11.8 Å². The largest absolute Gasteiger partial charge is 0.351 e. The van der Waals surface area contributed by atoms with Crippen molar-refractivity contribution in [2.24, 2.45) is 0 Å². The number of fused-ring (bicyclic) bond motifs is 1. The summed E-state index contributed by atoms with van der Waals surface area (Å²) in [4.78, 5) is 28.0. The lowest BCUT2D eigenvalue weighted by atomic mass is 9.89. The van der Waals surface area contributed by atoms with Crippen LogP contribution in [0.15, 0.2) is 24.3 Å². The fourth-order valence-corrected chi connectivity index (χ4v) is 3.92. The van der Waals surface area contributed by atoms with Gasteiger partial charge in [-0.3, -0.25) is 9.59 Å². The van der Waals surface area contributed by atoms with Gasteiger partial charge in [-0.1, -0.05) is 19.1 Å². The van der Waals surface area contributed by atoms with Crippen LogP contribution in [0.5, 0.6) is 0 Å². The lowest BCUT2D eigenvalue weighted by molar-refractivity contribution is -0.122. The number of aromatic nitrogens is 1. The third-order valence-electron chi connectivity index (χ3n) is 4.52. The van der Waals surface area contributed by atoms with Crippen molar-refractivity contribution in [3.63, 3.8) is 0 Å². The summed E-state index contributed by atoms with van der Waals surface area (Å²) in [6, 6.07) is 7.96. The van der Waals surface area contributed by atoms with Crippen molar-refractivity contribution >= 4 is 33.4 Å². The van der Waals surface area contributed by atoms with E-state index in [1.807, 2.05) is 24.3 Å². The third kappa shape index (κ3) is 3.69. The zero-order valence-electron chi connectivity index (χ0n) is 13.2. The van der Waals surface area contributed by atoms with Gasteiger partial charge in [-0.15, -0.1) is 11.3 Å². The average Bonchev–Trinajstić information content (AvgIpc) is 3.14. The first kappa shape index (κ1) is 15.9. The van der Waals surface area contributed by atoms with Gasteiger partial charge in [0.25, 0.3) is 0 Å². The standard InChI is InChI=1S/C17H21N3O2S/c1-2-17(10-8-15(22)20-17)9-7-14(21)18-11-16-19-12-5-3-4-6-13(12)23-16/h3-6H,2,7-11H2,1H3,(H,18,21)(H,20,22)/t17-/m0/s1. The number of hydrogen-bond donors (Lipinski definition) is 2. The number of amides is 2. The number of benzene rings is 1. The Morgan fingerprint density at radius 2 is 2.26 bits per heavy atom. The van der Waals surface area contributed by atoms with E-state index >= 15 is 0 Å². The molecule has 2 amide bonds.